The molecule has 0 radical (unpaired) electrons. The van der Waals surface area contributed by atoms with Gasteiger partial charge in [-0.05, 0) is 35.4 Å². The van der Waals surface area contributed by atoms with Crippen molar-refractivity contribution in [2.45, 2.75) is 5.03 Å². The van der Waals surface area contributed by atoms with Crippen LogP contribution in [0.15, 0.2) is 84.0 Å². The third kappa shape index (κ3) is 5.62. The zero-order valence-electron chi connectivity index (χ0n) is 13.6. The van der Waals surface area contributed by atoms with Gasteiger partial charge in [0.1, 0.15) is 0 Å². The molecule has 3 nitrogen and oxygen atoms in total. The van der Waals surface area contributed by atoms with Crippen LogP contribution in [0.1, 0.15) is 11.1 Å². The summed E-state index contributed by atoms with van der Waals surface area (Å²) in [6, 6.07) is 23.6. The highest BCUT2D eigenvalue weighted by molar-refractivity contribution is 7.99. The number of amides is 1. The lowest BCUT2D eigenvalue weighted by molar-refractivity contribution is -0.113. The van der Waals surface area contributed by atoms with Crippen molar-refractivity contribution in [1.29, 1.82) is 0 Å². The van der Waals surface area contributed by atoms with Crippen molar-refractivity contribution in [3.8, 4) is 0 Å². The van der Waals surface area contributed by atoms with Crippen LogP contribution < -0.4 is 5.32 Å². The first kappa shape index (κ1) is 17.0. The summed E-state index contributed by atoms with van der Waals surface area (Å²) in [5.41, 5.74) is 3.04. The average Bonchev–Trinajstić information content (AvgIpc) is 2.67. The molecule has 0 aliphatic carbocycles. The van der Waals surface area contributed by atoms with Crippen LogP contribution in [0, 0.1) is 0 Å². The van der Waals surface area contributed by atoms with Gasteiger partial charge >= 0.3 is 0 Å². The molecule has 0 unspecified atom stereocenters. The van der Waals surface area contributed by atoms with E-state index in [0.29, 0.717) is 5.75 Å². The van der Waals surface area contributed by atoms with Gasteiger partial charge in [-0.3, -0.25) is 4.79 Å². The smallest absolute Gasteiger partial charge is 0.234 e. The van der Waals surface area contributed by atoms with Gasteiger partial charge in [0.15, 0.2) is 0 Å². The molecule has 4 heteroatoms. The number of carbonyl (C=O) groups excluding carboxylic acids is 1. The summed E-state index contributed by atoms with van der Waals surface area (Å²) in [7, 11) is 0. The second-order valence-corrected chi connectivity index (χ2v) is 6.37. The molecule has 3 aromatic rings. The monoisotopic (exact) mass is 346 g/mol. The van der Waals surface area contributed by atoms with Crippen LogP contribution in [0.4, 0.5) is 5.69 Å². The molecule has 3 rings (SSSR count). The summed E-state index contributed by atoms with van der Waals surface area (Å²) in [5, 5.41) is 3.75. The topological polar surface area (TPSA) is 42.0 Å². The van der Waals surface area contributed by atoms with Gasteiger partial charge in [0.2, 0.25) is 5.91 Å². The average molecular weight is 346 g/mol. The van der Waals surface area contributed by atoms with E-state index in [1.807, 2.05) is 60.7 Å². The summed E-state index contributed by atoms with van der Waals surface area (Å²) in [5.74, 6) is 0.301. The normalized spacial score (nSPS) is 10.7. The number of anilines is 1. The Hall–Kier alpha value is -2.85. The molecule has 124 valence electrons. The zero-order valence-corrected chi connectivity index (χ0v) is 14.4. The van der Waals surface area contributed by atoms with Crippen LogP contribution in [0.5, 0.6) is 0 Å². The van der Waals surface area contributed by atoms with Crippen LogP contribution in [-0.2, 0) is 4.79 Å². The van der Waals surface area contributed by atoms with Crippen molar-refractivity contribution in [2.24, 2.45) is 0 Å². The van der Waals surface area contributed by atoms with Gasteiger partial charge in [-0.2, -0.15) is 0 Å². The molecular formula is C21H18N2OS. The molecule has 1 aromatic heterocycles. The van der Waals surface area contributed by atoms with Crippen molar-refractivity contribution in [3.05, 3.63) is 90.1 Å². The maximum Gasteiger partial charge on any atom is 0.234 e. The molecule has 1 N–H and O–H groups in total. The van der Waals surface area contributed by atoms with E-state index in [4.69, 9.17) is 0 Å². The number of thioether (sulfide) groups is 1. The van der Waals surface area contributed by atoms with Gasteiger partial charge in [0, 0.05) is 11.9 Å². The van der Waals surface area contributed by atoms with E-state index in [1.165, 1.54) is 11.8 Å². The largest absolute Gasteiger partial charge is 0.325 e. The van der Waals surface area contributed by atoms with Gasteiger partial charge in [-0.15, -0.1) is 0 Å². The van der Waals surface area contributed by atoms with Crippen LogP contribution in [0.3, 0.4) is 0 Å². The number of hydrogen-bond donors (Lipinski definition) is 1. The summed E-state index contributed by atoms with van der Waals surface area (Å²) in [6.45, 7) is 0. The second-order valence-electron chi connectivity index (χ2n) is 5.37. The van der Waals surface area contributed by atoms with E-state index in [0.717, 1.165) is 21.8 Å². The fourth-order valence-corrected chi connectivity index (χ4v) is 2.86. The van der Waals surface area contributed by atoms with Crippen LogP contribution >= 0.6 is 11.8 Å². The summed E-state index contributed by atoms with van der Waals surface area (Å²) in [4.78, 5) is 16.2. The molecule has 25 heavy (non-hydrogen) atoms. The third-order valence-corrected chi connectivity index (χ3v) is 4.39. The van der Waals surface area contributed by atoms with Gasteiger partial charge < -0.3 is 5.32 Å². The van der Waals surface area contributed by atoms with E-state index in [1.54, 1.807) is 6.20 Å². The lowest BCUT2D eigenvalue weighted by atomic mass is 10.1. The van der Waals surface area contributed by atoms with E-state index in [2.05, 4.69) is 34.6 Å². The van der Waals surface area contributed by atoms with Gasteiger partial charge in [-0.25, -0.2) is 4.98 Å². The molecule has 1 heterocycles. The van der Waals surface area contributed by atoms with Crippen molar-refractivity contribution in [3.63, 3.8) is 0 Å². The molecule has 0 spiro atoms. The van der Waals surface area contributed by atoms with E-state index >= 15 is 0 Å². The molecule has 0 saturated heterocycles. The Kier molecular flexibility index (Phi) is 6.01. The number of rotatable bonds is 6. The maximum atomic E-state index is 12.0. The van der Waals surface area contributed by atoms with Crippen molar-refractivity contribution < 1.29 is 4.79 Å². The molecule has 0 fully saturated rings. The number of nitrogens with one attached hydrogen (secondary N) is 1. The molecule has 0 aliphatic heterocycles. The van der Waals surface area contributed by atoms with E-state index in [9.17, 15) is 4.79 Å². The lowest BCUT2D eigenvalue weighted by Crippen LogP contribution is -2.13. The highest BCUT2D eigenvalue weighted by Gasteiger charge is 2.04. The summed E-state index contributed by atoms with van der Waals surface area (Å²) in [6.07, 6.45) is 5.84. The summed E-state index contributed by atoms with van der Waals surface area (Å²) >= 11 is 1.42. The standard InChI is InChI=1S/C21H18N2OS/c24-20(16-25-21-8-4-5-15-22-21)23-19-13-11-18(12-14-19)10-9-17-6-2-1-3-7-17/h1-15H,16H2,(H,23,24). The number of pyridine rings is 1. The Morgan fingerprint density at radius 3 is 2.24 bits per heavy atom. The highest BCUT2D eigenvalue weighted by Crippen LogP contribution is 2.16. The van der Waals surface area contributed by atoms with Gasteiger partial charge in [0.25, 0.3) is 0 Å². The minimum Gasteiger partial charge on any atom is -0.325 e. The highest BCUT2D eigenvalue weighted by atomic mass is 32.2. The molecule has 1 amide bonds. The fourth-order valence-electron chi connectivity index (χ4n) is 2.20. The first-order valence-electron chi connectivity index (χ1n) is 7.96. The number of hydrogen-bond acceptors (Lipinski definition) is 3. The minimum absolute atomic E-state index is 0.0387. The molecule has 0 saturated carbocycles. The van der Waals surface area contributed by atoms with Crippen molar-refractivity contribution >= 4 is 35.5 Å². The second kappa shape index (κ2) is 8.85. The first-order valence-corrected chi connectivity index (χ1v) is 8.95. The predicted molar refractivity (Wildman–Crippen MR) is 105 cm³/mol. The number of aromatic nitrogens is 1. The molecular weight excluding hydrogens is 328 g/mol. The van der Waals surface area contributed by atoms with Crippen molar-refractivity contribution in [1.82, 2.24) is 4.98 Å². The Morgan fingerprint density at radius 2 is 1.56 bits per heavy atom. The van der Waals surface area contributed by atoms with Crippen molar-refractivity contribution in [2.75, 3.05) is 11.1 Å². The number of benzene rings is 2. The van der Waals surface area contributed by atoms with Crippen LogP contribution in [-0.4, -0.2) is 16.6 Å². The van der Waals surface area contributed by atoms with E-state index in [-0.39, 0.29) is 5.91 Å². The molecule has 0 atom stereocenters. The fraction of sp³-hybridized carbons (Fsp3) is 0.0476. The van der Waals surface area contributed by atoms with Crippen LogP contribution in [0.25, 0.3) is 12.2 Å². The lowest BCUT2D eigenvalue weighted by Gasteiger charge is -2.05. The molecule has 0 aliphatic rings. The molecule has 0 bridgehead atoms. The predicted octanol–water partition coefficient (Wildman–Crippen LogP) is 4.98. The zero-order chi connectivity index (χ0) is 17.3. The minimum atomic E-state index is -0.0387. The number of carbonyl (C=O) groups is 1. The Labute approximate surface area is 151 Å². The first-order chi connectivity index (χ1) is 12.3. The van der Waals surface area contributed by atoms with E-state index < -0.39 is 0 Å². The quantitative estimate of drug-likeness (QED) is 0.505. The maximum absolute atomic E-state index is 12.0. The number of nitrogens with zero attached hydrogens (tertiary/aromatic N) is 1. The van der Waals surface area contributed by atoms with Gasteiger partial charge in [-0.1, -0.05) is 72.4 Å². The van der Waals surface area contributed by atoms with Crippen LogP contribution in [0.2, 0.25) is 0 Å². The Balaban J connectivity index is 1.52. The Bertz CT molecular complexity index is 831. The Morgan fingerprint density at radius 1 is 0.880 bits per heavy atom. The van der Waals surface area contributed by atoms with Gasteiger partial charge in [0.05, 0.1) is 10.8 Å². The molecule has 2 aromatic carbocycles. The SMILES string of the molecule is O=C(CSc1ccccn1)Nc1ccc(C=Cc2ccccc2)cc1. The third-order valence-electron chi connectivity index (χ3n) is 3.45. The summed E-state index contributed by atoms with van der Waals surface area (Å²) < 4.78 is 0.